The minimum Gasteiger partial charge on any atom is -0.300 e. The molecule has 1 aliphatic heterocycles. The van der Waals surface area contributed by atoms with E-state index >= 15 is 0 Å². The molecule has 1 saturated heterocycles. The number of alkyl halides is 1. The predicted molar refractivity (Wildman–Crippen MR) is 26.1 cm³/mol. The molecule has 2 nitrogen and oxygen atoms in total. The maximum absolute atomic E-state index is 4.70. The van der Waals surface area contributed by atoms with Gasteiger partial charge in [0.2, 0.25) is 0 Å². The van der Waals surface area contributed by atoms with Crippen molar-refractivity contribution in [2.24, 2.45) is 0 Å². The first-order chi connectivity index (χ1) is 2.89. The third-order valence-electron chi connectivity index (χ3n) is 0.575. The molecule has 0 amide bonds. The van der Waals surface area contributed by atoms with Crippen LogP contribution in [0, 0.1) is 6.54 Å². The summed E-state index contributed by atoms with van der Waals surface area (Å²) in [5.74, 6) is 0. The normalized spacial score (nSPS) is 34.5. The van der Waals surface area contributed by atoms with Gasteiger partial charge >= 0.3 is 0 Å². The first kappa shape index (κ1) is 4.56. The second-order valence-corrected chi connectivity index (χ2v) is 2.29. The molecule has 1 unspecified atom stereocenters. The molecular weight excluding hydrogens is 146 g/mol. The van der Waals surface area contributed by atoms with Crippen molar-refractivity contribution in [1.29, 1.82) is 0 Å². The van der Waals surface area contributed by atoms with Gasteiger partial charge in [0, 0.05) is 0 Å². The van der Waals surface area contributed by atoms with Crippen LogP contribution < -0.4 is 5.48 Å². The van der Waals surface area contributed by atoms with Crippen molar-refractivity contribution < 1.29 is 4.84 Å². The molecule has 1 aliphatic rings. The van der Waals surface area contributed by atoms with E-state index in [-0.39, 0.29) is 0 Å². The first-order valence-corrected chi connectivity index (χ1v) is 2.66. The van der Waals surface area contributed by atoms with Gasteiger partial charge in [-0.15, -0.1) is 0 Å². The SMILES string of the molecule is BrC1[CH]NOC1. The average Bonchev–Trinajstić information content (AvgIpc) is 1.86. The number of hydroxylamine groups is 1. The fraction of sp³-hybridized carbons (Fsp3) is 0.667. The van der Waals surface area contributed by atoms with Crippen LogP contribution in [0.3, 0.4) is 0 Å². The highest BCUT2D eigenvalue weighted by atomic mass is 79.9. The largest absolute Gasteiger partial charge is 0.300 e. The third kappa shape index (κ3) is 0.929. The van der Waals surface area contributed by atoms with Crippen LogP contribution in [0.25, 0.3) is 0 Å². The lowest BCUT2D eigenvalue weighted by atomic mass is 10.5. The summed E-state index contributed by atoms with van der Waals surface area (Å²) in [6.07, 6.45) is 0. The Bertz CT molecular complexity index is 44.1. The molecule has 35 valence electrons. The van der Waals surface area contributed by atoms with Crippen LogP contribution in [0.4, 0.5) is 0 Å². The summed E-state index contributed by atoms with van der Waals surface area (Å²) in [7, 11) is 0. The molecule has 1 fully saturated rings. The van der Waals surface area contributed by atoms with Gasteiger partial charge in [-0.2, -0.15) is 5.48 Å². The van der Waals surface area contributed by atoms with Crippen molar-refractivity contribution in [3.63, 3.8) is 0 Å². The Hall–Kier alpha value is 0.400. The molecule has 0 bridgehead atoms. The third-order valence-corrected chi connectivity index (χ3v) is 1.10. The van der Waals surface area contributed by atoms with Gasteiger partial charge in [-0.05, 0) is 0 Å². The molecule has 1 heterocycles. The molecule has 1 rings (SSSR count). The topological polar surface area (TPSA) is 21.3 Å². The van der Waals surface area contributed by atoms with Crippen molar-refractivity contribution in [2.75, 3.05) is 6.61 Å². The van der Waals surface area contributed by atoms with Crippen molar-refractivity contribution in [3.8, 4) is 0 Å². The van der Waals surface area contributed by atoms with Gasteiger partial charge in [-0.3, -0.25) is 0 Å². The lowest BCUT2D eigenvalue weighted by molar-refractivity contribution is 0.111. The zero-order valence-electron chi connectivity index (χ0n) is 3.15. The maximum Gasteiger partial charge on any atom is 0.0824 e. The average molecular weight is 151 g/mol. The first-order valence-electron chi connectivity index (χ1n) is 1.74. The van der Waals surface area contributed by atoms with E-state index in [1.807, 2.05) is 6.54 Å². The Morgan fingerprint density at radius 3 is 3.00 bits per heavy atom. The molecule has 3 heteroatoms. The lowest BCUT2D eigenvalue weighted by Crippen LogP contribution is -1.97. The minimum atomic E-state index is 0.400. The van der Waals surface area contributed by atoms with E-state index in [9.17, 15) is 0 Å². The number of nitrogens with one attached hydrogen (secondary N) is 1. The summed E-state index contributed by atoms with van der Waals surface area (Å²) in [4.78, 5) is 5.10. The molecule has 1 N–H and O–H groups in total. The van der Waals surface area contributed by atoms with Crippen LogP contribution in [0.2, 0.25) is 0 Å². The van der Waals surface area contributed by atoms with Crippen molar-refractivity contribution >= 4 is 15.9 Å². The lowest BCUT2D eigenvalue weighted by Gasteiger charge is -1.83. The number of hydrogen-bond acceptors (Lipinski definition) is 2. The van der Waals surface area contributed by atoms with Crippen molar-refractivity contribution in [3.05, 3.63) is 6.54 Å². The van der Waals surface area contributed by atoms with Gasteiger partial charge < -0.3 is 4.84 Å². The van der Waals surface area contributed by atoms with Gasteiger partial charge in [-0.1, -0.05) is 15.9 Å². The summed E-state index contributed by atoms with van der Waals surface area (Å²) in [6.45, 7) is 2.58. The van der Waals surface area contributed by atoms with E-state index in [1.54, 1.807) is 0 Å². The fourth-order valence-corrected chi connectivity index (χ4v) is 0.538. The second-order valence-electron chi connectivity index (χ2n) is 1.11. The minimum absolute atomic E-state index is 0.400. The van der Waals surface area contributed by atoms with Gasteiger partial charge in [0.05, 0.1) is 18.0 Å². The van der Waals surface area contributed by atoms with Gasteiger partial charge in [0.25, 0.3) is 0 Å². The molecule has 0 saturated carbocycles. The smallest absolute Gasteiger partial charge is 0.0824 e. The van der Waals surface area contributed by atoms with Crippen molar-refractivity contribution in [2.45, 2.75) is 4.83 Å². The van der Waals surface area contributed by atoms with Crippen LogP contribution in [0.15, 0.2) is 0 Å². The van der Waals surface area contributed by atoms with E-state index in [4.69, 9.17) is 4.84 Å². The monoisotopic (exact) mass is 150 g/mol. The molecule has 1 atom stereocenters. The Morgan fingerprint density at radius 2 is 2.83 bits per heavy atom. The Balaban J connectivity index is 2.18. The number of hydrogen-bond donors (Lipinski definition) is 1. The highest BCUT2D eigenvalue weighted by Crippen LogP contribution is 2.05. The molecule has 0 aromatic carbocycles. The highest BCUT2D eigenvalue weighted by molar-refractivity contribution is 9.09. The molecule has 1 radical (unpaired) electrons. The Kier molecular flexibility index (Phi) is 1.45. The zero-order valence-corrected chi connectivity index (χ0v) is 4.73. The summed E-state index contributed by atoms with van der Waals surface area (Å²) in [5.41, 5.74) is 2.60. The maximum atomic E-state index is 4.70. The Morgan fingerprint density at radius 1 is 2.00 bits per heavy atom. The van der Waals surface area contributed by atoms with Gasteiger partial charge in [-0.25, -0.2) is 0 Å². The molecule has 0 aromatic rings. The summed E-state index contributed by atoms with van der Waals surface area (Å²) >= 11 is 3.30. The van der Waals surface area contributed by atoms with Gasteiger partial charge in [0.1, 0.15) is 0 Å². The van der Waals surface area contributed by atoms with Crippen molar-refractivity contribution in [1.82, 2.24) is 5.48 Å². The van der Waals surface area contributed by atoms with E-state index in [1.165, 1.54) is 0 Å². The Labute approximate surface area is 44.9 Å². The van der Waals surface area contributed by atoms with Crippen LogP contribution in [0.1, 0.15) is 0 Å². The van der Waals surface area contributed by atoms with Crippen LogP contribution >= 0.6 is 15.9 Å². The standard InChI is InChI=1S/C3H5BrNO/c4-3-1-5-6-2-3/h1,3,5H,2H2. The molecular formula is C3H5BrNO. The van der Waals surface area contributed by atoms with E-state index in [0.717, 1.165) is 6.61 Å². The summed E-state index contributed by atoms with van der Waals surface area (Å²) in [6, 6.07) is 0. The summed E-state index contributed by atoms with van der Waals surface area (Å²) < 4.78 is 0. The predicted octanol–water partition coefficient (Wildman–Crippen LogP) is 0.446. The molecule has 6 heavy (non-hydrogen) atoms. The summed E-state index contributed by atoms with van der Waals surface area (Å²) in [5, 5.41) is 0. The molecule has 0 spiro atoms. The molecule has 0 aromatic heterocycles. The van der Waals surface area contributed by atoms with Crippen LogP contribution in [-0.4, -0.2) is 11.4 Å². The number of rotatable bonds is 0. The second kappa shape index (κ2) is 1.91. The highest BCUT2D eigenvalue weighted by Gasteiger charge is 2.09. The number of halogens is 1. The molecule has 0 aliphatic carbocycles. The van der Waals surface area contributed by atoms with Crippen LogP contribution in [0.5, 0.6) is 0 Å². The van der Waals surface area contributed by atoms with E-state index < -0.39 is 0 Å². The van der Waals surface area contributed by atoms with Gasteiger partial charge in [0.15, 0.2) is 0 Å². The van der Waals surface area contributed by atoms with E-state index in [2.05, 4.69) is 21.4 Å². The fourth-order valence-electron chi connectivity index (χ4n) is 0.298. The zero-order chi connectivity index (χ0) is 4.41. The quantitative estimate of drug-likeness (QED) is 0.507. The van der Waals surface area contributed by atoms with Crippen LogP contribution in [-0.2, 0) is 4.84 Å². The van der Waals surface area contributed by atoms with E-state index in [0.29, 0.717) is 4.83 Å².